The second-order valence-corrected chi connectivity index (χ2v) is 6.63. The first-order valence-electron chi connectivity index (χ1n) is 8.33. The molecule has 1 N–H and O–H groups in total. The summed E-state index contributed by atoms with van der Waals surface area (Å²) in [5.74, 6) is 0.655. The minimum Gasteiger partial charge on any atom is -0.478 e. The summed E-state index contributed by atoms with van der Waals surface area (Å²) in [4.78, 5) is 10.7. The summed E-state index contributed by atoms with van der Waals surface area (Å²) in [7, 11) is 0. The van der Waals surface area contributed by atoms with Gasteiger partial charge in [-0.05, 0) is 25.2 Å². The van der Waals surface area contributed by atoms with E-state index in [1.54, 1.807) is 6.92 Å². The summed E-state index contributed by atoms with van der Waals surface area (Å²) in [6.45, 7) is 8.48. The van der Waals surface area contributed by atoms with E-state index >= 15 is 0 Å². The third-order valence-electron chi connectivity index (χ3n) is 3.89. The Labute approximate surface area is 125 Å². The molecule has 0 aromatic heterocycles. The molecule has 0 aliphatic heterocycles. The standard InChI is InChI=1S/C18H34O2/c1-15(2)11-9-7-5-6-8-10-12-16(3)13-14-17(4)18(19)20/h14-16H,5-13H2,1-4H3,(H,19,20). The van der Waals surface area contributed by atoms with Crippen LogP contribution in [0.15, 0.2) is 11.6 Å². The molecule has 0 fully saturated rings. The molecular formula is C18H34O2. The molecule has 0 aromatic carbocycles. The number of hydrogen-bond donors (Lipinski definition) is 1. The molecule has 0 aromatic rings. The molecule has 2 nitrogen and oxygen atoms in total. The number of carboxylic acid groups (broad SMARTS) is 1. The lowest BCUT2D eigenvalue weighted by Crippen LogP contribution is -1.98. The predicted molar refractivity (Wildman–Crippen MR) is 86.9 cm³/mol. The van der Waals surface area contributed by atoms with Gasteiger partial charge in [0.05, 0.1) is 0 Å². The molecule has 0 amide bonds. The highest BCUT2D eigenvalue weighted by Crippen LogP contribution is 2.17. The van der Waals surface area contributed by atoms with Gasteiger partial charge < -0.3 is 5.11 Å². The molecule has 0 aliphatic rings. The van der Waals surface area contributed by atoms with Crippen molar-refractivity contribution in [2.45, 2.75) is 85.5 Å². The fourth-order valence-electron chi connectivity index (χ4n) is 2.34. The Morgan fingerprint density at radius 1 is 0.950 bits per heavy atom. The van der Waals surface area contributed by atoms with Crippen molar-refractivity contribution in [3.8, 4) is 0 Å². The normalized spacial score (nSPS) is 13.8. The molecule has 0 bridgehead atoms. The molecule has 0 heterocycles. The van der Waals surface area contributed by atoms with Gasteiger partial charge >= 0.3 is 5.97 Å². The Hall–Kier alpha value is -0.790. The second-order valence-electron chi connectivity index (χ2n) is 6.63. The van der Waals surface area contributed by atoms with E-state index in [0.29, 0.717) is 11.5 Å². The fourth-order valence-corrected chi connectivity index (χ4v) is 2.34. The molecule has 0 rings (SSSR count). The highest BCUT2D eigenvalue weighted by Gasteiger charge is 2.03. The molecule has 2 heteroatoms. The van der Waals surface area contributed by atoms with Gasteiger partial charge in [0.1, 0.15) is 0 Å². The average molecular weight is 282 g/mol. The lowest BCUT2D eigenvalue weighted by atomic mass is 9.97. The number of rotatable bonds is 12. The number of hydrogen-bond acceptors (Lipinski definition) is 1. The lowest BCUT2D eigenvalue weighted by Gasteiger charge is -2.09. The van der Waals surface area contributed by atoms with Gasteiger partial charge in [-0.2, -0.15) is 0 Å². The van der Waals surface area contributed by atoms with Crippen LogP contribution in [-0.2, 0) is 4.79 Å². The van der Waals surface area contributed by atoms with E-state index in [0.717, 1.165) is 12.3 Å². The summed E-state index contributed by atoms with van der Waals surface area (Å²) in [5, 5.41) is 8.78. The zero-order valence-corrected chi connectivity index (χ0v) is 14.0. The van der Waals surface area contributed by atoms with E-state index in [1.807, 2.05) is 6.08 Å². The molecule has 20 heavy (non-hydrogen) atoms. The van der Waals surface area contributed by atoms with E-state index < -0.39 is 5.97 Å². The largest absolute Gasteiger partial charge is 0.478 e. The van der Waals surface area contributed by atoms with Gasteiger partial charge in [-0.1, -0.05) is 78.2 Å². The highest BCUT2D eigenvalue weighted by atomic mass is 16.4. The summed E-state index contributed by atoms with van der Waals surface area (Å²) in [6, 6.07) is 0. The highest BCUT2D eigenvalue weighted by molar-refractivity contribution is 5.85. The molecule has 0 aliphatic carbocycles. The minimum atomic E-state index is -0.793. The molecule has 118 valence electrons. The smallest absolute Gasteiger partial charge is 0.330 e. The zero-order valence-electron chi connectivity index (χ0n) is 14.0. The van der Waals surface area contributed by atoms with Gasteiger partial charge in [0.25, 0.3) is 0 Å². The maximum atomic E-state index is 10.7. The number of unbranched alkanes of at least 4 members (excludes halogenated alkanes) is 5. The Morgan fingerprint density at radius 3 is 1.95 bits per heavy atom. The van der Waals surface area contributed by atoms with E-state index in [1.165, 1.54) is 51.4 Å². The molecule has 0 saturated heterocycles. The maximum absolute atomic E-state index is 10.7. The van der Waals surface area contributed by atoms with E-state index in [2.05, 4.69) is 20.8 Å². The third-order valence-corrected chi connectivity index (χ3v) is 3.89. The summed E-state index contributed by atoms with van der Waals surface area (Å²) in [5.41, 5.74) is 0.474. The van der Waals surface area contributed by atoms with Crippen LogP contribution in [0, 0.1) is 11.8 Å². The lowest BCUT2D eigenvalue weighted by molar-refractivity contribution is -0.132. The molecular weight excluding hydrogens is 248 g/mol. The van der Waals surface area contributed by atoms with Crippen molar-refractivity contribution < 1.29 is 9.90 Å². The van der Waals surface area contributed by atoms with E-state index in [9.17, 15) is 4.79 Å². The van der Waals surface area contributed by atoms with Crippen LogP contribution in [0.2, 0.25) is 0 Å². The van der Waals surface area contributed by atoms with Crippen LogP contribution < -0.4 is 0 Å². The monoisotopic (exact) mass is 282 g/mol. The van der Waals surface area contributed by atoms with Gasteiger partial charge in [0.2, 0.25) is 0 Å². The summed E-state index contributed by atoms with van der Waals surface area (Å²) < 4.78 is 0. The van der Waals surface area contributed by atoms with Gasteiger partial charge in [0.15, 0.2) is 0 Å². The summed E-state index contributed by atoms with van der Waals surface area (Å²) in [6.07, 6.45) is 13.4. The van der Waals surface area contributed by atoms with Gasteiger partial charge in [-0.25, -0.2) is 4.79 Å². The number of carbonyl (C=O) groups is 1. The molecule has 1 unspecified atom stereocenters. The van der Waals surface area contributed by atoms with Crippen molar-refractivity contribution >= 4 is 5.97 Å². The molecule has 0 saturated carbocycles. The second kappa shape index (κ2) is 12.0. The van der Waals surface area contributed by atoms with Crippen LogP contribution in [0.3, 0.4) is 0 Å². The van der Waals surface area contributed by atoms with Crippen molar-refractivity contribution in [1.29, 1.82) is 0 Å². The van der Waals surface area contributed by atoms with E-state index in [-0.39, 0.29) is 0 Å². The first-order valence-corrected chi connectivity index (χ1v) is 8.33. The number of allylic oxidation sites excluding steroid dienone is 1. The Bertz CT molecular complexity index is 279. The summed E-state index contributed by atoms with van der Waals surface area (Å²) >= 11 is 0. The Balaban J connectivity index is 3.42. The van der Waals surface area contributed by atoms with Crippen LogP contribution in [0.5, 0.6) is 0 Å². The zero-order chi connectivity index (χ0) is 15.4. The Kier molecular flexibility index (Phi) is 11.5. The van der Waals surface area contributed by atoms with Gasteiger partial charge in [-0.15, -0.1) is 0 Å². The van der Waals surface area contributed by atoms with Crippen LogP contribution in [0.4, 0.5) is 0 Å². The first-order chi connectivity index (χ1) is 9.43. The first kappa shape index (κ1) is 19.2. The quantitative estimate of drug-likeness (QED) is 0.362. The van der Waals surface area contributed by atoms with Crippen molar-refractivity contribution in [2.24, 2.45) is 11.8 Å². The topological polar surface area (TPSA) is 37.3 Å². The van der Waals surface area contributed by atoms with Crippen LogP contribution >= 0.6 is 0 Å². The Morgan fingerprint density at radius 2 is 1.45 bits per heavy atom. The molecule has 0 radical (unpaired) electrons. The molecule has 1 atom stereocenters. The van der Waals surface area contributed by atoms with Crippen molar-refractivity contribution in [1.82, 2.24) is 0 Å². The average Bonchev–Trinajstić information content (AvgIpc) is 2.38. The molecule has 0 spiro atoms. The van der Waals surface area contributed by atoms with Crippen LogP contribution in [0.25, 0.3) is 0 Å². The van der Waals surface area contributed by atoms with Crippen LogP contribution in [-0.4, -0.2) is 11.1 Å². The minimum absolute atomic E-state index is 0.474. The maximum Gasteiger partial charge on any atom is 0.330 e. The fraction of sp³-hybridized carbons (Fsp3) is 0.833. The number of carboxylic acids is 1. The van der Waals surface area contributed by atoms with Gasteiger partial charge in [0, 0.05) is 5.57 Å². The third kappa shape index (κ3) is 12.3. The van der Waals surface area contributed by atoms with Crippen molar-refractivity contribution in [2.75, 3.05) is 0 Å². The number of aliphatic carboxylic acids is 1. The predicted octanol–water partition coefficient (Wildman–Crippen LogP) is 5.82. The van der Waals surface area contributed by atoms with Crippen molar-refractivity contribution in [3.63, 3.8) is 0 Å². The van der Waals surface area contributed by atoms with Crippen molar-refractivity contribution in [3.05, 3.63) is 11.6 Å². The SMILES string of the molecule is CC(=CCC(C)CCCCCCCCC(C)C)C(=O)O. The van der Waals surface area contributed by atoms with E-state index in [4.69, 9.17) is 5.11 Å². The van der Waals surface area contributed by atoms with Crippen LogP contribution in [0.1, 0.15) is 85.5 Å². The van der Waals surface area contributed by atoms with Gasteiger partial charge in [-0.3, -0.25) is 0 Å².